The molecular weight excluding hydrogens is 516 g/mol. The smallest absolute Gasteiger partial charge is 0.410 e. The Morgan fingerprint density at radius 3 is 2.66 bits per heavy atom. The minimum atomic E-state index is -0.484. The molecule has 0 radical (unpaired) electrons. The minimum Gasteiger partial charge on any atom is -0.444 e. The molecule has 3 atom stereocenters. The van der Waals surface area contributed by atoms with Crippen LogP contribution in [0.2, 0.25) is 0 Å². The topological polar surface area (TPSA) is 104 Å². The lowest BCUT2D eigenvalue weighted by Gasteiger charge is -2.38. The highest BCUT2D eigenvalue weighted by Gasteiger charge is 2.33. The lowest BCUT2D eigenvalue weighted by Crippen LogP contribution is -2.50. The summed E-state index contributed by atoms with van der Waals surface area (Å²) in [6, 6.07) is 10.6. The molecular formula is C31H40N8O2. The second kappa shape index (κ2) is 10.8. The third-order valence-electron chi connectivity index (χ3n) is 8.17. The zero-order chi connectivity index (χ0) is 28.7. The predicted molar refractivity (Wildman–Crippen MR) is 160 cm³/mol. The molecule has 4 heterocycles. The Morgan fingerprint density at radius 2 is 1.93 bits per heavy atom. The van der Waals surface area contributed by atoms with Crippen molar-refractivity contribution in [3.05, 3.63) is 54.5 Å². The molecule has 4 aromatic rings. The Morgan fingerprint density at radius 1 is 1.15 bits per heavy atom. The van der Waals surface area contributed by atoms with Gasteiger partial charge in [-0.15, -0.1) is 0 Å². The van der Waals surface area contributed by atoms with Gasteiger partial charge in [0.05, 0.1) is 17.2 Å². The van der Waals surface area contributed by atoms with Crippen LogP contribution in [-0.2, 0) is 11.3 Å². The van der Waals surface area contributed by atoms with Crippen LogP contribution in [0.25, 0.3) is 22.2 Å². The zero-order valence-corrected chi connectivity index (χ0v) is 24.6. The van der Waals surface area contributed by atoms with Gasteiger partial charge in [0.25, 0.3) is 0 Å². The van der Waals surface area contributed by atoms with Crippen molar-refractivity contribution < 1.29 is 9.53 Å². The zero-order valence-electron chi connectivity index (χ0n) is 24.6. The van der Waals surface area contributed by atoms with E-state index in [1.54, 1.807) is 4.90 Å². The lowest BCUT2D eigenvalue weighted by atomic mass is 10.1. The van der Waals surface area contributed by atoms with Gasteiger partial charge in [-0.2, -0.15) is 5.10 Å². The summed E-state index contributed by atoms with van der Waals surface area (Å²) < 4.78 is 7.60. The van der Waals surface area contributed by atoms with Crippen molar-refractivity contribution in [2.75, 3.05) is 31.5 Å². The molecule has 2 N–H and O–H groups in total. The van der Waals surface area contributed by atoms with E-state index in [2.05, 4.69) is 68.2 Å². The molecule has 1 aromatic carbocycles. The first-order valence-electron chi connectivity index (χ1n) is 14.6. The summed E-state index contributed by atoms with van der Waals surface area (Å²) in [5.74, 6) is 2.96. The Hall–Kier alpha value is -3.92. The van der Waals surface area contributed by atoms with E-state index in [1.165, 1.54) is 6.42 Å². The van der Waals surface area contributed by atoms with E-state index >= 15 is 0 Å². The highest BCUT2D eigenvalue weighted by atomic mass is 16.6. The van der Waals surface area contributed by atoms with Crippen LogP contribution in [0.1, 0.15) is 52.6 Å². The summed E-state index contributed by atoms with van der Waals surface area (Å²) in [5, 5.41) is 7.92. The fourth-order valence-corrected chi connectivity index (χ4v) is 5.48. The minimum absolute atomic E-state index is 0.182. The molecule has 1 saturated heterocycles. The molecule has 0 bridgehead atoms. The maximum atomic E-state index is 12.4. The van der Waals surface area contributed by atoms with Gasteiger partial charge >= 0.3 is 6.09 Å². The predicted octanol–water partition coefficient (Wildman–Crippen LogP) is 5.83. The second-order valence-corrected chi connectivity index (χ2v) is 12.5. The van der Waals surface area contributed by atoms with E-state index in [-0.39, 0.29) is 12.1 Å². The third kappa shape index (κ3) is 6.37. The molecule has 41 heavy (non-hydrogen) atoms. The average molecular weight is 557 g/mol. The summed E-state index contributed by atoms with van der Waals surface area (Å²) >= 11 is 0. The van der Waals surface area contributed by atoms with Gasteiger partial charge in [0.1, 0.15) is 11.4 Å². The molecule has 10 heteroatoms. The number of hydrogen-bond acceptors (Lipinski definition) is 7. The van der Waals surface area contributed by atoms with Gasteiger partial charge in [0.2, 0.25) is 5.95 Å². The van der Waals surface area contributed by atoms with E-state index in [4.69, 9.17) is 9.72 Å². The number of ether oxygens (including phenoxy) is 1. The number of nitrogens with one attached hydrogen (secondary N) is 2. The van der Waals surface area contributed by atoms with Gasteiger partial charge in [-0.25, -0.2) is 14.8 Å². The quantitative estimate of drug-likeness (QED) is 0.295. The molecule has 1 aliphatic heterocycles. The molecule has 1 amide bonds. The van der Waals surface area contributed by atoms with E-state index in [0.717, 1.165) is 65.0 Å². The number of aromatic amines is 1. The molecule has 1 aliphatic carbocycles. The van der Waals surface area contributed by atoms with Crippen LogP contribution in [0.15, 0.2) is 48.9 Å². The van der Waals surface area contributed by atoms with Crippen LogP contribution in [0.4, 0.5) is 16.6 Å². The van der Waals surface area contributed by atoms with Crippen LogP contribution >= 0.6 is 0 Å². The van der Waals surface area contributed by atoms with Crippen LogP contribution < -0.4 is 5.32 Å². The van der Waals surface area contributed by atoms with E-state index < -0.39 is 5.60 Å². The first kappa shape index (κ1) is 27.3. The van der Waals surface area contributed by atoms with Crippen molar-refractivity contribution >= 4 is 28.9 Å². The van der Waals surface area contributed by atoms with Gasteiger partial charge in [0, 0.05) is 56.7 Å². The number of carbonyl (C=O) groups excluding carboxylic acids is 1. The van der Waals surface area contributed by atoms with Crippen molar-refractivity contribution in [2.45, 2.75) is 59.2 Å². The molecule has 1 saturated carbocycles. The Bertz CT molecular complexity index is 1530. The number of pyridine rings is 1. The molecule has 2 aliphatic rings. The van der Waals surface area contributed by atoms with E-state index in [1.807, 2.05) is 45.3 Å². The Balaban J connectivity index is 1.09. The van der Waals surface area contributed by atoms with Crippen molar-refractivity contribution in [3.8, 4) is 11.1 Å². The molecule has 216 valence electrons. The number of imidazole rings is 1. The van der Waals surface area contributed by atoms with Crippen LogP contribution in [0, 0.1) is 11.8 Å². The van der Waals surface area contributed by atoms with Crippen molar-refractivity contribution in [1.82, 2.24) is 34.5 Å². The molecule has 6 rings (SSSR count). The Kier molecular flexibility index (Phi) is 7.19. The maximum Gasteiger partial charge on any atom is 0.410 e. The summed E-state index contributed by atoms with van der Waals surface area (Å²) in [5.41, 5.74) is 4.75. The highest BCUT2D eigenvalue weighted by Crippen LogP contribution is 2.39. The first-order valence-corrected chi connectivity index (χ1v) is 14.6. The van der Waals surface area contributed by atoms with Gasteiger partial charge in [-0.1, -0.05) is 13.0 Å². The fourth-order valence-electron chi connectivity index (χ4n) is 5.48. The number of benzene rings is 1. The lowest BCUT2D eigenvalue weighted by molar-refractivity contribution is 0.0110. The standard InChI is InChI=1S/C31H40N8O2/c1-20-14-24(20)18-39-19-25(17-33-39)23-6-7-26-27(15-23)35-29(34-26)36-28-16-22(8-9-32-28)21(2)37-10-12-38(13-11-37)30(40)41-31(3,4)5/h6-9,15-17,19-21,24H,10-14,18H2,1-5H3,(H2,32,34,35,36). The van der Waals surface area contributed by atoms with Crippen molar-refractivity contribution in [1.29, 1.82) is 0 Å². The highest BCUT2D eigenvalue weighted by molar-refractivity contribution is 5.83. The van der Waals surface area contributed by atoms with Gasteiger partial charge < -0.3 is 19.9 Å². The van der Waals surface area contributed by atoms with Gasteiger partial charge in [0.15, 0.2) is 0 Å². The number of anilines is 2. The molecule has 10 nitrogen and oxygen atoms in total. The van der Waals surface area contributed by atoms with Crippen LogP contribution in [0.3, 0.4) is 0 Å². The number of H-pyrrole nitrogens is 1. The summed E-state index contributed by atoms with van der Waals surface area (Å²) in [6.45, 7) is 14.1. The number of hydrogen-bond donors (Lipinski definition) is 2. The van der Waals surface area contributed by atoms with Crippen molar-refractivity contribution in [2.24, 2.45) is 11.8 Å². The van der Waals surface area contributed by atoms with Crippen LogP contribution in [0.5, 0.6) is 0 Å². The monoisotopic (exact) mass is 556 g/mol. The molecule has 3 unspecified atom stereocenters. The largest absolute Gasteiger partial charge is 0.444 e. The normalized spacial score (nSPS) is 20.3. The molecule has 0 spiro atoms. The number of nitrogens with zero attached hydrogens (tertiary/aromatic N) is 6. The molecule has 2 fully saturated rings. The summed E-state index contributed by atoms with van der Waals surface area (Å²) in [7, 11) is 0. The number of aromatic nitrogens is 5. The number of piperazine rings is 1. The maximum absolute atomic E-state index is 12.4. The number of fused-ring (bicyclic) bond motifs is 1. The van der Waals surface area contributed by atoms with E-state index in [0.29, 0.717) is 19.0 Å². The van der Waals surface area contributed by atoms with Crippen LogP contribution in [-0.4, -0.2) is 72.4 Å². The number of carbonyl (C=O) groups is 1. The number of amides is 1. The fraction of sp³-hybridized carbons (Fsp3) is 0.484. The summed E-state index contributed by atoms with van der Waals surface area (Å²) in [6.07, 6.45) is 6.96. The average Bonchev–Trinajstić information content (AvgIpc) is 3.27. The van der Waals surface area contributed by atoms with E-state index in [9.17, 15) is 4.79 Å². The second-order valence-electron chi connectivity index (χ2n) is 12.5. The van der Waals surface area contributed by atoms with Gasteiger partial charge in [-0.05, 0) is 81.3 Å². The van der Waals surface area contributed by atoms with Crippen molar-refractivity contribution in [3.63, 3.8) is 0 Å². The third-order valence-corrected chi connectivity index (χ3v) is 8.17. The SMILES string of the molecule is CC1CC1Cn1cc(-c2ccc3nc(Nc4cc(C(C)N5CCN(C(=O)OC(C)(C)C)CC5)ccn4)[nH]c3c2)cn1. The first-order chi connectivity index (χ1) is 19.6. The summed E-state index contributed by atoms with van der Waals surface area (Å²) in [4.78, 5) is 29.3. The molecule has 3 aromatic heterocycles. The number of rotatable bonds is 7. The van der Waals surface area contributed by atoms with Gasteiger partial charge in [-0.3, -0.25) is 9.58 Å². The Labute approximate surface area is 241 Å².